The maximum atomic E-state index is 5.47. The Morgan fingerprint density at radius 3 is 2.57 bits per heavy atom. The molecule has 0 spiro atoms. The van der Waals surface area contributed by atoms with Crippen LogP contribution in [0.1, 0.15) is 49.9 Å². The molecule has 1 aromatic heterocycles. The summed E-state index contributed by atoms with van der Waals surface area (Å²) in [4.78, 5) is 5.32. The molecule has 0 aliphatic heterocycles. The van der Waals surface area contributed by atoms with Crippen molar-refractivity contribution in [1.82, 2.24) is 10.2 Å². The molecule has 0 unspecified atom stereocenters. The molecule has 0 amide bonds. The van der Waals surface area contributed by atoms with E-state index in [1.807, 2.05) is 18.3 Å². The summed E-state index contributed by atoms with van der Waals surface area (Å²) >= 11 is 1.92. The molecule has 0 aliphatic carbocycles. The van der Waals surface area contributed by atoms with E-state index in [1.165, 1.54) is 15.3 Å². The van der Waals surface area contributed by atoms with Crippen LogP contribution in [0.3, 0.4) is 0 Å². The van der Waals surface area contributed by atoms with Crippen LogP contribution in [0.25, 0.3) is 0 Å². The van der Waals surface area contributed by atoms with Crippen LogP contribution in [-0.4, -0.2) is 36.7 Å². The van der Waals surface area contributed by atoms with Crippen molar-refractivity contribution in [3.63, 3.8) is 0 Å². The van der Waals surface area contributed by atoms with Crippen LogP contribution in [0.5, 0.6) is 0 Å². The minimum Gasteiger partial charge on any atom is -0.380 e. The predicted molar refractivity (Wildman–Crippen MR) is 93.1 cm³/mol. The van der Waals surface area contributed by atoms with Crippen LogP contribution in [0.4, 0.5) is 0 Å². The third-order valence-corrected chi connectivity index (χ3v) is 4.55. The number of ether oxygens (including phenoxy) is 1. The number of hydrogen-bond acceptors (Lipinski definition) is 4. The van der Waals surface area contributed by atoms with Gasteiger partial charge in [-0.25, -0.2) is 0 Å². The molecule has 0 saturated heterocycles. The molecule has 3 nitrogen and oxygen atoms in total. The van der Waals surface area contributed by atoms with E-state index in [-0.39, 0.29) is 5.54 Å². The monoisotopic (exact) mass is 312 g/mol. The van der Waals surface area contributed by atoms with Crippen molar-refractivity contribution in [2.45, 2.75) is 60.2 Å². The van der Waals surface area contributed by atoms with Crippen LogP contribution < -0.4 is 5.32 Å². The second-order valence-corrected chi connectivity index (χ2v) is 7.80. The number of nitrogens with zero attached hydrogens (tertiary/aromatic N) is 1. The third-order valence-electron chi connectivity index (χ3n) is 3.46. The summed E-state index contributed by atoms with van der Waals surface area (Å²) in [5.74, 6) is 0. The molecule has 1 heterocycles. The Bertz CT molecular complexity index is 409. The summed E-state index contributed by atoms with van der Waals surface area (Å²) in [6.45, 7) is 18.8. The van der Waals surface area contributed by atoms with Crippen molar-refractivity contribution in [1.29, 1.82) is 0 Å². The predicted octanol–water partition coefficient (Wildman–Crippen LogP) is 3.80. The standard InChI is InChI=1S/C17H32N2OS/c1-7-19(9-10-20-8-2)13-15-11-16(21-14(15)3)12-18-17(4,5)6/h11,18H,7-10,12-13H2,1-6H3. The molecule has 0 aliphatic rings. The van der Waals surface area contributed by atoms with E-state index in [1.54, 1.807) is 0 Å². The molecule has 1 rings (SSSR count). The smallest absolute Gasteiger partial charge is 0.0593 e. The molecule has 1 aromatic rings. The maximum Gasteiger partial charge on any atom is 0.0593 e. The van der Waals surface area contributed by atoms with Gasteiger partial charge in [0, 0.05) is 41.5 Å². The van der Waals surface area contributed by atoms with Crippen molar-refractivity contribution in [3.8, 4) is 0 Å². The van der Waals surface area contributed by atoms with Gasteiger partial charge in [-0.2, -0.15) is 0 Å². The second kappa shape index (κ2) is 8.89. The number of aryl methyl sites for hydroxylation is 1. The first-order valence-electron chi connectivity index (χ1n) is 7.99. The maximum absolute atomic E-state index is 5.47. The largest absolute Gasteiger partial charge is 0.380 e. The van der Waals surface area contributed by atoms with Gasteiger partial charge in [0.05, 0.1) is 6.61 Å². The molecule has 0 fully saturated rings. The number of rotatable bonds is 9. The molecule has 0 radical (unpaired) electrons. The molecule has 0 bridgehead atoms. The van der Waals surface area contributed by atoms with E-state index in [0.717, 1.165) is 39.4 Å². The summed E-state index contributed by atoms with van der Waals surface area (Å²) in [7, 11) is 0. The first-order valence-corrected chi connectivity index (χ1v) is 8.80. The Morgan fingerprint density at radius 2 is 2.00 bits per heavy atom. The van der Waals surface area contributed by atoms with Crippen LogP contribution >= 0.6 is 11.3 Å². The van der Waals surface area contributed by atoms with Crippen LogP contribution in [0, 0.1) is 6.92 Å². The molecule has 4 heteroatoms. The molecule has 0 saturated carbocycles. The number of likely N-dealkylation sites (N-methyl/N-ethyl adjacent to an activating group) is 1. The van der Waals surface area contributed by atoms with Crippen molar-refractivity contribution in [3.05, 3.63) is 21.4 Å². The zero-order chi connectivity index (χ0) is 15.9. The summed E-state index contributed by atoms with van der Waals surface area (Å²) in [6.07, 6.45) is 0. The lowest BCUT2D eigenvalue weighted by molar-refractivity contribution is 0.113. The van der Waals surface area contributed by atoms with E-state index in [2.05, 4.69) is 50.9 Å². The summed E-state index contributed by atoms with van der Waals surface area (Å²) in [5, 5.41) is 3.56. The Morgan fingerprint density at radius 1 is 1.29 bits per heavy atom. The summed E-state index contributed by atoms with van der Waals surface area (Å²) < 4.78 is 5.47. The number of nitrogens with one attached hydrogen (secondary N) is 1. The van der Waals surface area contributed by atoms with Gasteiger partial charge in [0.1, 0.15) is 0 Å². The Labute approximate surface area is 134 Å². The minimum absolute atomic E-state index is 0.172. The Kier molecular flexibility index (Phi) is 7.88. The normalized spacial score (nSPS) is 12.3. The molecule has 0 atom stereocenters. The third kappa shape index (κ3) is 7.41. The van der Waals surface area contributed by atoms with Crippen molar-refractivity contribution in [2.75, 3.05) is 26.3 Å². The fourth-order valence-corrected chi connectivity index (χ4v) is 3.11. The fraction of sp³-hybridized carbons (Fsp3) is 0.765. The second-order valence-electron chi connectivity index (χ2n) is 6.46. The van der Waals surface area contributed by atoms with Crippen LogP contribution in [0.15, 0.2) is 6.07 Å². The molecular weight excluding hydrogens is 280 g/mol. The van der Waals surface area contributed by atoms with Crippen molar-refractivity contribution in [2.24, 2.45) is 0 Å². The van der Waals surface area contributed by atoms with Crippen LogP contribution in [0.2, 0.25) is 0 Å². The average molecular weight is 313 g/mol. The molecule has 122 valence electrons. The first-order chi connectivity index (χ1) is 9.85. The van der Waals surface area contributed by atoms with E-state index in [4.69, 9.17) is 4.74 Å². The zero-order valence-corrected chi connectivity index (χ0v) is 15.4. The Hall–Kier alpha value is -0.420. The topological polar surface area (TPSA) is 24.5 Å². The van der Waals surface area contributed by atoms with E-state index < -0.39 is 0 Å². The number of hydrogen-bond donors (Lipinski definition) is 1. The van der Waals surface area contributed by atoms with Crippen molar-refractivity contribution >= 4 is 11.3 Å². The SMILES string of the molecule is CCOCCN(CC)Cc1cc(CNC(C)(C)C)sc1C. The molecule has 21 heavy (non-hydrogen) atoms. The highest BCUT2D eigenvalue weighted by molar-refractivity contribution is 7.12. The van der Waals surface area contributed by atoms with Gasteiger partial charge in [-0.3, -0.25) is 4.90 Å². The lowest BCUT2D eigenvalue weighted by atomic mass is 10.1. The zero-order valence-electron chi connectivity index (χ0n) is 14.6. The van der Waals surface area contributed by atoms with Gasteiger partial charge >= 0.3 is 0 Å². The van der Waals surface area contributed by atoms with Gasteiger partial charge in [0.15, 0.2) is 0 Å². The molecule has 1 N–H and O–H groups in total. The van der Waals surface area contributed by atoms with E-state index in [9.17, 15) is 0 Å². The highest BCUT2D eigenvalue weighted by Gasteiger charge is 2.12. The fourth-order valence-electron chi connectivity index (χ4n) is 2.11. The van der Waals surface area contributed by atoms with Gasteiger partial charge in [0.25, 0.3) is 0 Å². The van der Waals surface area contributed by atoms with Crippen LogP contribution in [-0.2, 0) is 17.8 Å². The van der Waals surface area contributed by atoms with Gasteiger partial charge < -0.3 is 10.1 Å². The summed E-state index contributed by atoms with van der Waals surface area (Å²) in [6, 6.07) is 2.36. The lowest BCUT2D eigenvalue weighted by Gasteiger charge is -2.20. The number of thiophene rings is 1. The molecular formula is C17H32N2OS. The lowest BCUT2D eigenvalue weighted by Crippen LogP contribution is -2.34. The highest BCUT2D eigenvalue weighted by Crippen LogP contribution is 2.23. The van der Waals surface area contributed by atoms with Gasteiger partial charge in [-0.05, 0) is 52.8 Å². The average Bonchev–Trinajstić information content (AvgIpc) is 2.75. The summed E-state index contributed by atoms with van der Waals surface area (Å²) in [5.41, 5.74) is 1.63. The van der Waals surface area contributed by atoms with Gasteiger partial charge in [0.2, 0.25) is 0 Å². The Balaban J connectivity index is 2.56. The van der Waals surface area contributed by atoms with Gasteiger partial charge in [-0.15, -0.1) is 11.3 Å². The quantitative estimate of drug-likeness (QED) is 0.702. The van der Waals surface area contributed by atoms with E-state index >= 15 is 0 Å². The highest BCUT2D eigenvalue weighted by atomic mass is 32.1. The van der Waals surface area contributed by atoms with Crippen molar-refractivity contribution < 1.29 is 4.74 Å². The minimum atomic E-state index is 0.172. The van der Waals surface area contributed by atoms with E-state index in [0.29, 0.717) is 0 Å². The van der Waals surface area contributed by atoms with Gasteiger partial charge in [-0.1, -0.05) is 6.92 Å². The first kappa shape index (κ1) is 18.6. The molecule has 0 aromatic carbocycles.